The molecule has 0 radical (unpaired) electrons. The topological polar surface area (TPSA) is 72.6 Å². The molecule has 0 unspecified atom stereocenters. The van der Waals surface area contributed by atoms with E-state index in [2.05, 4.69) is 30.7 Å². The van der Waals surface area contributed by atoms with Crippen LogP contribution in [0.15, 0.2) is 30.9 Å². The van der Waals surface area contributed by atoms with Gasteiger partial charge >= 0.3 is 0 Å². The summed E-state index contributed by atoms with van der Waals surface area (Å²) in [6.45, 7) is 1.98. The van der Waals surface area contributed by atoms with E-state index in [0.29, 0.717) is 12.0 Å². The fourth-order valence-electron chi connectivity index (χ4n) is 5.36. The molecule has 0 atom stereocenters. The fraction of sp³-hybridized carbons (Fsp3) is 0.458. The highest BCUT2D eigenvalue weighted by molar-refractivity contribution is 7.19. The molecule has 0 aromatic carbocycles. The van der Waals surface area contributed by atoms with Crippen LogP contribution in [0.4, 0.5) is 5.82 Å². The molecule has 4 aromatic rings. The summed E-state index contributed by atoms with van der Waals surface area (Å²) in [5, 5.41) is 10.0. The molecule has 0 amide bonds. The number of pyridine rings is 1. The van der Waals surface area contributed by atoms with Crippen molar-refractivity contribution >= 4 is 27.4 Å². The number of hydrogen-bond donors (Lipinski definition) is 0. The smallest absolute Gasteiger partial charge is 0.164 e. The third kappa shape index (κ3) is 3.03. The summed E-state index contributed by atoms with van der Waals surface area (Å²) in [6, 6.07) is 4.64. The summed E-state index contributed by atoms with van der Waals surface area (Å²) in [6.07, 6.45) is 13.9. The molecule has 0 N–H and O–H groups in total. The lowest BCUT2D eigenvalue weighted by atomic mass is 9.95. The van der Waals surface area contributed by atoms with Gasteiger partial charge in [-0.3, -0.25) is 4.98 Å². The molecule has 2 aliphatic carbocycles. The monoisotopic (exact) mass is 443 g/mol. The highest BCUT2D eigenvalue weighted by Crippen LogP contribution is 2.43. The molecule has 8 heteroatoms. The van der Waals surface area contributed by atoms with Crippen molar-refractivity contribution in [3.63, 3.8) is 0 Å². The second kappa shape index (κ2) is 7.33. The molecule has 4 aromatic heterocycles. The van der Waals surface area contributed by atoms with Gasteiger partial charge in [-0.1, -0.05) is 0 Å². The number of thiophene rings is 1. The zero-order valence-corrected chi connectivity index (χ0v) is 18.8. The molecule has 3 aliphatic rings. The van der Waals surface area contributed by atoms with Crippen LogP contribution in [0.1, 0.15) is 60.3 Å². The number of anilines is 1. The first kappa shape index (κ1) is 18.7. The molecule has 7 rings (SSSR count). The second-order valence-electron chi connectivity index (χ2n) is 9.24. The Bertz CT molecular complexity index is 1280. The van der Waals surface area contributed by atoms with Crippen LogP contribution in [-0.2, 0) is 12.8 Å². The molecule has 7 nitrogen and oxygen atoms in total. The first-order valence-corrected chi connectivity index (χ1v) is 12.5. The van der Waals surface area contributed by atoms with Gasteiger partial charge in [0.25, 0.3) is 0 Å². The predicted molar refractivity (Wildman–Crippen MR) is 125 cm³/mol. The molecule has 0 bridgehead atoms. The maximum Gasteiger partial charge on any atom is 0.164 e. The minimum absolute atomic E-state index is 0.484. The van der Waals surface area contributed by atoms with Crippen LogP contribution in [0.5, 0.6) is 0 Å². The third-order valence-electron chi connectivity index (χ3n) is 7.17. The van der Waals surface area contributed by atoms with E-state index in [0.717, 1.165) is 54.4 Å². The van der Waals surface area contributed by atoms with Crippen LogP contribution in [-0.4, -0.2) is 42.8 Å². The number of aryl methyl sites for hydroxylation is 2. The Labute approximate surface area is 190 Å². The Morgan fingerprint density at radius 1 is 1.03 bits per heavy atom. The first-order valence-electron chi connectivity index (χ1n) is 11.7. The molecule has 1 saturated carbocycles. The van der Waals surface area contributed by atoms with Crippen molar-refractivity contribution in [2.75, 3.05) is 18.0 Å². The van der Waals surface area contributed by atoms with Crippen LogP contribution in [0.25, 0.3) is 21.6 Å². The molecule has 1 saturated heterocycles. The van der Waals surface area contributed by atoms with Crippen LogP contribution in [0, 0.1) is 0 Å². The van der Waals surface area contributed by atoms with Gasteiger partial charge in [0.2, 0.25) is 0 Å². The molecule has 0 spiro atoms. The van der Waals surface area contributed by atoms with Crippen molar-refractivity contribution in [3.8, 4) is 11.4 Å². The van der Waals surface area contributed by atoms with E-state index in [4.69, 9.17) is 9.97 Å². The number of nitrogens with zero attached hydrogens (tertiary/aromatic N) is 7. The third-order valence-corrected chi connectivity index (χ3v) is 8.35. The highest BCUT2D eigenvalue weighted by atomic mass is 32.1. The lowest BCUT2D eigenvalue weighted by Crippen LogP contribution is -2.34. The van der Waals surface area contributed by atoms with Gasteiger partial charge in [-0.2, -0.15) is 0 Å². The zero-order valence-electron chi connectivity index (χ0n) is 17.9. The Morgan fingerprint density at radius 2 is 1.94 bits per heavy atom. The molecular weight excluding hydrogens is 418 g/mol. The van der Waals surface area contributed by atoms with Crippen LogP contribution in [0.3, 0.4) is 0 Å². The number of rotatable bonds is 4. The average Bonchev–Trinajstić information content (AvgIpc) is 3.23. The van der Waals surface area contributed by atoms with Gasteiger partial charge in [0.05, 0.1) is 5.39 Å². The van der Waals surface area contributed by atoms with E-state index in [1.807, 2.05) is 29.9 Å². The van der Waals surface area contributed by atoms with Gasteiger partial charge in [0.15, 0.2) is 5.82 Å². The lowest BCUT2D eigenvalue weighted by Gasteiger charge is -2.33. The number of hydrogen-bond acceptors (Lipinski definition) is 7. The summed E-state index contributed by atoms with van der Waals surface area (Å²) >= 11 is 1.86. The van der Waals surface area contributed by atoms with Gasteiger partial charge in [0.1, 0.15) is 22.8 Å². The van der Waals surface area contributed by atoms with Crippen molar-refractivity contribution in [2.24, 2.45) is 0 Å². The number of fused-ring (bicyclic) bond motifs is 3. The normalized spacial score (nSPS) is 19.1. The van der Waals surface area contributed by atoms with E-state index >= 15 is 0 Å². The summed E-state index contributed by atoms with van der Waals surface area (Å²) in [5.74, 6) is 3.58. The van der Waals surface area contributed by atoms with Crippen molar-refractivity contribution < 1.29 is 0 Å². The van der Waals surface area contributed by atoms with Gasteiger partial charge in [-0.25, -0.2) is 9.97 Å². The van der Waals surface area contributed by atoms with Crippen molar-refractivity contribution in [3.05, 3.63) is 47.1 Å². The van der Waals surface area contributed by atoms with E-state index in [1.54, 1.807) is 6.20 Å². The SMILES string of the molecule is c1cncc(-c2nc(N3CCC(c4nncn4C4CC4)CC3)c3c4c(sc3n2)CCC4)c1. The van der Waals surface area contributed by atoms with Gasteiger partial charge in [0, 0.05) is 47.9 Å². The van der Waals surface area contributed by atoms with Gasteiger partial charge < -0.3 is 9.47 Å². The predicted octanol–water partition coefficient (Wildman–Crippen LogP) is 4.55. The van der Waals surface area contributed by atoms with Gasteiger partial charge in [-0.05, 0) is 62.6 Å². The Morgan fingerprint density at radius 3 is 2.75 bits per heavy atom. The molecule has 5 heterocycles. The molecule has 1 aliphatic heterocycles. The fourth-order valence-corrected chi connectivity index (χ4v) is 6.61. The zero-order chi connectivity index (χ0) is 21.1. The summed E-state index contributed by atoms with van der Waals surface area (Å²) < 4.78 is 2.33. The average molecular weight is 444 g/mol. The molecule has 32 heavy (non-hydrogen) atoms. The Hall–Kier alpha value is -2.87. The van der Waals surface area contributed by atoms with E-state index in [1.165, 1.54) is 47.3 Å². The number of aromatic nitrogens is 6. The van der Waals surface area contributed by atoms with Crippen molar-refractivity contribution in [1.82, 2.24) is 29.7 Å². The quantitative estimate of drug-likeness (QED) is 0.461. The Balaban J connectivity index is 1.25. The Kier molecular flexibility index (Phi) is 4.28. The van der Waals surface area contributed by atoms with Crippen LogP contribution >= 0.6 is 11.3 Å². The minimum atomic E-state index is 0.484. The minimum Gasteiger partial charge on any atom is -0.356 e. The lowest BCUT2D eigenvalue weighted by molar-refractivity contribution is 0.464. The van der Waals surface area contributed by atoms with E-state index < -0.39 is 0 Å². The first-order chi connectivity index (χ1) is 15.8. The maximum absolute atomic E-state index is 5.14. The number of piperidine rings is 1. The molecule has 2 fully saturated rings. The van der Waals surface area contributed by atoms with E-state index in [-0.39, 0.29) is 0 Å². The van der Waals surface area contributed by atoms with E-state index in [9.17, 15) is 0 Å². The summed E-state index contributed by atoms with van der Waals surface area (Å²) in [5.41, 5.74) is 2.48. The maximum atomic E-state index is 5.14. The molecule has 162 valence electrons. The van der Waals surface area contributed by atoms with Crippen LogP contribution < -0.4 is 4.90 Å². The highest BCUT2D eigenvalue weighted by Gasteiger charge is 2.32. The van der Waals surface area contributed by atoms with Crippen molar-refractivity contribution in [2.45, 2.75) is 56.9 Å². The molecular formula is C24H25N7S. The largest absolute Gasteiger partial charge is 0.356 e. The second-order valence-corrected chi connectivity index (χ2v) is 10.3. The standard InChI is InChI=1S/C24H25N7S/c1-4-18-19(5-1)32-24-20(18)23(27-21(28-24)16-3-2-10-25-13-16)30-11-8-15(9-12-30)22-29-26-14-31(22)17-6-7-17/h2-3,10,13-15,17H,1,4-9,11-12H2. The van der Waals surface area contributed by atoms with Crippen molar-refractivity contribution in [1.29, 1.82) is 0 Å². The summed E-state index contributed by atoms with van der Waals surface area (Å²) in [7, 11) is 0. The van der Waals surface area contributed by atoms with Gasteiger partial charge in [-0.15, -0.1) is 21.5 Å². The summed E-state index contributed by atoms with van der Waals surface area (Å²) in [4.78, 5) is 19.5. The van der Waals surface area contributed by atoms with Crippen LogP contribution in [0.2, 0.25) is 0 Å².